The van der Waals surface area contributed by atoms with E-state index in [9.17, 15) is 5.11 Å². The molecule has 6 nitrogen and oxygen atoms in total. The topological polar surface area (TPSA) is 73.7 Å². The molecule has 1 aliphatic carbocycles. The normalized spacial score (nSPS) is 22.5. The van der Waals surface area contributed by atoms with E-state index in [1.165, 1.54) is 0 Å². The van der Waals surface area contributed by atoms with Gasteiger partial charge in [-0.05, 0) is 25.0 Å². The molecule has 2 aromatic heterocycles. The molecule has 1 N–H and O–H groups in total. The monoisotopic (exact) mass is 316 g/mol. The van der Waals surface area contributed by atoms with Crippen molar-refractivity contribution in [2.75, 3.05) is 20.3 Å². The van der Waals surface area contributed by atoms with Gasteiger partial charge in [-0.25, -0.2) is 4.98 Å². The summed E-state index contributed by atoms with van der Waals surface area (Å²) < 4.78 is 16.7. The first-order valence-electron chi connectivity index (χ1n) is 7.95. The van der Waals surface area contributed by atoms with Crippen LogP contribution in [0.4, 0.5) is 0 Å². The molecule has 4 rings (SSSR count). The quantitative estimate of drug-likeness (QED) is 0.915. The van der Waals surface area contributed by atoms with E-state index in [0.29, 0.717) is 50.3 Å². The summed E-state index contributed by atoms with van der Waals surface area (Å²) in [6, 6.07) is 5.49. The fourth-order valence-electron chi connectivity index (χ4n) is 3.60. The van der Waals surface area contributed by atoms with E-state index < -0.39 is 11.4 Å². The van der Waals surface area contributed by atoms with Gasteiger partial charge >= 0.3 is 0 Å². The number of hydrogen-bond acceptors (Lipinski definition) is 6. The van der Waals surface area contributed by atoms with E-state index in [1.807, 2.05) is 12.1 Å². The lowest BCUT2D eigenvalue weighted by Crippen LogP contribution is -2.42. The third-order valence-electron chi connectivity index (χ3n) is 4.92. The van der Waals surface area contributed by atoms with Crippen LogP contribution in [0.2, 0.25) is 0 Å². The molecule has 1 aliphatic heterocycles. The number of nitrogens with zero attached hydrogens (tertiary/aromatic N) is 2. The highest BCUT2D eigenvalue weighted by Crippen LogP contribution is 2.46. The smallest absolute Gasteiger partial charge is 0.213 e. The summed E-state index contributed by atoms with van der Waals surface area (Å²) >= 11 is 0. The summed E-state index contributed by atoms with van der Waals surface area (Å²) in [5.41, 5.74) is 1.30. The fourth-order valence-corrected chi connectivity index (χ4v) is 3.60. The fraction of sp³-hybridized carbons (Fsp3) is 0.529. The molecule has 3 heterocycles. The number of pyridine rings is 2. The number of methoxy groups -OCH3 is 1. The Kier molecular flexibility index (Phi) is 3.48. The van der Waals surface area contributed by atoms with Crippen LogP contribution in [0.1, 0.15) is 31.2 Å². The second-order valence-electron chi connectivity index (χ2n) is 6.22. The Morgan fingerprint density at radius 2 is 1.83 bits per heavy atom. The van der Waals surface area contributed by atoms with Crippen LogP contribution in [-0.4, -0.2) is 41.2 Å². The van der Waals surface area contributed by atoms with Crippen LogP contribution < -0.4 is 4.74 Å². The number of aliphatic hydroxyl groups is 1. The molecule has 23 heavy (non-hydrogen) atoms. The number of rotatable bonds is 2. The summed E-state index contributed by atoms with van der Waals surface area (Å²) in [6.07, 6.45) is 4.22. The maximum Gasteiger partial charge on any atom is 0.213 e. The minimum atomic E-state index is -0.943. The highest BCUT2D eigenvalue weighted by molar-refractivity contribution is 5.79. The van der Waals surface area contributed by atoms with Crippen LogP contribution in [0.25, 0.3) is 11.0 Å². The lowest BCUT2D eigenvalue weighted by molar-refractivity contribution is -0.204. The molecule has 2 aliphatic rings. The van der Waals surface area contributed by atoms with Crippen molar-refractivity contribution in [3.8, 4) is 5.88 Å². The van der Waals surface area contributed by atoms with Gasteiger partial charge in [0.05, 0.1) is 37.0 Å². The van der Waals surface area contributed by atoms with Crippen LogP contribution in [0.3, 0.4) is 0 Å². The van der Waals surface area contributed by atoms with E-state index >= 15 is 0 Å². The van der Waals surface area contributed by atoms with Crippen LogP contribution in [-0.2, 0) is 15.1 Å². The van der Waals surface area contributed by atoms with Gasteiger partial charge in [0, 0.05) is 30.7 Å². The number of fused-ring (bicyclic) bond motifs is 1. The minimum absolute atomic E-state index is 0.500. The summed E-state index contributed by atoms with van der Waals surface area (Å²) in [7, 11) is 1.58. The van der Waals surface area contributed by atoms with E-state index in [-0.39, 0.29) is 0 Å². The van der Waals surface area contributed by atoms with Crippen molar-refractivity contribution in [3.63, 3.8) is 0 Å². The van der Waals surface area contributed by atoms with Crippen LogP contribution in [0, 0.1) is 0 Å². The van der Waals surface area contributed by atoms with Gasteiger partial charge in [0.25, 0.3) is 0 Å². The molecular formula is C17H20N2O4. The van der Waals surface area contributed by atoms with Gasteiger partial charge in [-0.15, -0.1) is 0 Å². The van der Waals surface area contributed by atoms with Crippen LogP contribution in [0.15, 0.2) is 24.4 Å². The second kappa shape index (κ2) is 5.40. The zero-order valence-corrected chi connectivity index (χ0v) is 13.1. The van der Waals surface area contributed by atoms with Gasteiger partial charge in [0.1, 0.15) is 0 Å². The second-order valence-corrected chi connectivity index (χ2v) is 6.22. The van der Waals surface area contributed by atoms with Gasteiger partial charge < -0.3 is 19.3 Å². The van der Waals surface area contributed by atoms with E-state index in [0.717, 1.165) is 11.1 Å². The molecule has 0 bridgehead atoms. The van der Waals surface area contributed by atoms with Gasteiger partial charge in [0.2, 0.25) is 5.88 Å². The Morgan fingerprint density at radius 3 is 2.52 bits per heavy atom. The zero-order valence-electron chi connectivity index (χ0n) is 13.1. The SMILES string of the molecule is COc1ccc2nccc(C3(O)CCC4(CC3)OCCO4)c2n1. The van der Waals surface area contributed by atoms with Gasteiger partial charge in [0.15, 0.2) is 5.79 Å². The molecule has 122 valence electrons. The first kappa shape index (κ1) is 14.8. The molecule has 6 heteroatoms. The molecule has 0 atom stereocenters. The van der Waals surface area contributed by atoms with Gasteiger partial charge in [-0.3, -0.25) is 4.98 Å². The molecule has 2 fully saturated rings. The first-order valence-corrected chi connectivity index (χ1v) is 7.95. The average molecular weight is 316 g/mol. The Morgan fingerprint density at radius 1 is 1.09 bits per heavy atom. The summed E-state index contributed by atoms with van der Waals surface area (Å²) in [5, 5.41) is 11.2. The summed E-state index contributed by atoms with van der Waals surface area (Å²) in [6.45, 7) is 1.27. The zero-order chi connectivity index (χ0) is 15.9. The average Bonchev–Trinajstić information content (AvgIpc) is 3.05. The number of hydrogen-bond donors (Lipinski definition) is 1. The van der Waals surface area contributed by atoms with Crippen molar-refractivity contribution in [1.29, 1.82) is 0 Å². The third-order valence-corrected chi connectivity index (χ3v) is 4.92. The maximum absolute atomic E-state index is 11.2. The summed E-state index contributed by atoms with van der Waals surface area (Å²) in [4.78, 5) is 8.83. The number of aromatic nitrogens is 2. The third kappa shape index (κ3) is 2.47. The molecule has 0 aromatic carbocycles. The lowest BCUT2D eigenvalue weighted by atomic mass is 9.77. The van der Waals surface area contributed by atoms with Crippen molar-refractivity contribution in [2.45, 2.75) is 37.1 Å². The molecule has 0 amide bonds. The molecule has 2 aromatic rings. The Hall–Kier alpha value is -1.76. The minimum Gasteiger partial charge on any atom is -0.481 e. The highest BCUT2D eigenvalue weighted by atomic mass is 16.7. The van der Waals surface area contributed by atoms with E-state index in [1.54, 1.807) is 19.4 Å². The van der Waals surface area contributed by atoms with Gasteiger partial charge in [-0.2, -0.15) is 0 Å². The van der Waals surface area contributed by atoms with Crippen molar-refractivity contribution in [2.24, 2.45) is 0 Å². The molecule has 0 unspecified atom stereocenters. The molecule has 1 spiro atoms. The molecule has 0 radical (unpaired) electrons. The molecular weight excluding hydrogens is 296 g/mol. The van der Waals surface area contributed by atoms with E-state index in [2.05, 4.69) is 9.97 Å². The molecule has 1 saturated heterocycles. The largest absolute Gasteiger partial charge is 0.481 e. The van der Waals surface area contributed by atoms with Gasteiger partial charge in [-0.1, -0.05) is 0 Å². The lowest BCUT2D eigenvalue weighted by Gasteiger charge is -2.40. The predicted molar refractivity (Wildman–Crippen MR) is 83.1 cm³/mol. The molecule has 1 saturated carbocycles. The van der Waals surface area contributed by atoms with Crippen LogP contribution in [0.5, 0.6) is 5.88 Å². The highest BCUT2D eigenvalue weighted by Gasteiger charge is 2.46. The Bertz CT molecular complexity index is 718. The first-order chi connectivity index (χ1) is 11.1. The Labute approximate surface area is 134 Å². The van der Waals surface area contributed by atoms with Crippen molar-refractivity contribution < 1.29 is 19.3 Å². The number of ether oxygens (including phenoxy) is 3. The van der Waals surface area contributed by atoms with E-state index in [4.69, 9.17) is 14.2 Å². The maximum atomic E-state index is 11.2. The van der Waals surface area contributed by atoms with Crippen molar-refractivity contribution >= 4 is 11.0 Å². The summed E-state index contributed by atoms with van der Waals surface area (Å²) in [5.74, 6) is 0.0188. The van der Waals surface area contributed by atoms with Crippen LogP contribution >= 0.6 is 0 Å². The van der Waals surface area contributed by atoms with Crippen molar-refractivity contribution in [3.05, 3.63) is 30.0 Å². The predicted octanol–water partition coefficient (Wildman–Crippen LogP) is 2.14. The van der Waals surface area contributed by atoms with Crippen molar-refractivity contribution in [1.82, 2.24) is 9.97 Å². The Balaban J connectivity index is 1.71. The standard InChI is InChI=1S/C17H20N2O4/c1-21-14-3-2-13-15(19-14)12(4-9-18-13)16(20)5-7-17(8-6-16)22-10-11-23-17/h2-4,9,20H,5-8,10-11H2,1H3.